The molecule has 192 valence electrons. The molecular formula is C29H29N7O2. The number of nitrogens with zero attached hydrogens (tertiary/aromatic N) is 6. The van der Waals surface area contributed by atoms with Crippen molar-refractivity contribution < 1.29 is 9.47 Å². The van der Waals surface area contributed by atoms with Crippen LogP contribution in [0.3, 0.4) is 0 Å². The van der Waals surface area contributed by atoms with E-state index in [4.69, 9.17) is 24.4 Å². The zero-order chi connectivity index (χ0) is 25.3. The Morgan fingerprint density at radius 3 is 2.63 bits per heavy atom. The molecule has 3 aromatic heterocycles. The molecular weight excluding hydrogens is 478 g/mol. The van der Waals surface area contributed by atoms with E-state index in [1.807, 2.05) is 30.7 Å². The molecule has 0 aliphatic carbocycles. The van der Waals surface area contributed by atoms with Crippen molar-refractivity contribution in [2.75, 3.05) is 43.1 Å². The van der Waals surface area contributed by atoms with Crippen molar-refractivity contribution in [3.05, 3.63) is 67.1 Å². The first-order valence-electron chi connectivity index (χ1n) is 13.2. The van der Waals surface area contributed by atoms with Crippen LogP contribution in [0.15, 0.2) is 67.1 Å². The Morgan fingerprint density at radius 2 is 1.79 bits per heavy atom. The van der Waals surface area contributed by atoms with Gasteiger partial charge in [0, 0.05) is 37.0 Å². The molecule has 2 aliphatic heterocycles. The quantitative estimate of drug-likeness (QED) is 0.342. The van der Waals surface area contributed by atoms with Crippen LogP contribution in [0.2, 0.25) is 0 Å². The number of nitrogens with one attached hydrogen (secondary N) is 1. The van der Waals surface area contributed by atoms with Crippen LogP contribution >= 0.6 is 0 Å². The lowest BCUT2D eigenvalue weighted by Crippen LogP contribution is -2.37. The van der Waals surface area contributed by atoms with Gasteiger partial charge in [-0.05, 0) is 54.7 Å². The lowest BCUT2D eigenvalue weighted by atomic mass is 10.0. The molecule has 0 amide bonds. The molecule has 38 heavy (non-hydrogen) atoms. The maximum Gasteiger partial charge on any atom is 0.231 e. The molecule has 5 heterocycles. The molecule has 5 aromatic rings. The Hall–Kier alpha value is -4.08. The number of hydrogen-bond acceptors (Lipinski definition) is 8. The van der Waals surface area contributed by atoms with Gasteiger partial charge in [-0.2, -0.15) is 9.97 Å². The fourth-order valence-electron chi connectivity index (χ4n) is 5.33. The van der Waals surface area contributed by atoms with E-state index in [1.54, 1.807) is 0 Å². The fraction of sp³-hybridized carbons (Fsp3) is 0.310. The average molecular weight is 508 g/mol. The topological polar surface area (TPSA) is 90.2 Å². The third kappa shape index (κ3) is 4.33. The van der Waals surface area contributed by atoms with Crippen LogP contribution in [0, 0.1) is 0 Å². The Balaban J connectivity index is 1.31. The van der Waals surface area contributed by atoms with Gasteiger partial charge >= 0.3 is 0 Å². The summed E-state index contributed by atoms with van der Waals surface area (Å²) in [5, 5.41) is 4.54. The van der Waals surface area contributed by atoms with Crippen molar-refractivity contribution in [1.82, 2.24) is 24.5 Å². The second-order valence-corrected chi connectivity index (χ2v) is 9.70. The Morgan fingerprint density at radius 1 is 0.895 bits per heavy atom. The zero-order valence-corrected chi connectivity index (χ0v) is 21.1. The van der Waals surface area contributed by atoms with E-state index in [0.29, 0.717) is 19.2 Å². The summed E-state index contributed by atoms with van der Waals surface area (Å²) in [5.41, 5.74) is 5.70. The van der Waals surface area contributed by atoms with Gasteiger partial charge in [0.2, 0.25) is 5.95 Å². The second-order valence-electron chi connectivity index (χ2n) is 9.70. The van der Waals surface area contributed by atoms with Gasteiger partial charge in [0.05, 0.1) is 25.1 Å². The molecule has 9 nitrogen and oxygen atoms in total. The smallest absolute Gasteiger partial charge is 0.231 e. The summed E-state index contributed by atoms with van der Waals surface area (Å²) >= 11 is 0. The highest BCUT2D eigenvalue weighted by Crippen LogP contribution is 2.33. The maximum atomic E-state index is 6.08. The number of benzene rings is 2. The summed E-state index contributed by atoms with van der Waals surface area (Å²) in [7, 11) is 0. The van der Waals surface area contributed by atoms with Gasteiger partial charge in [-0.15, -0.1) is 0 Å². The van der Waals surface area contributed by atoms with Crippen LogP contribution in [-0.4, -0.2) is 57.4 Å². The van der Waals surface area contributed by atoms with Gasteiger partial charge in [0.1, 0.15) is 6.23 Å². The highest BCUT2D eigenvalue weighted by atomic mass is 16.5. The Kier molecular flexibility index (Phi) is 6.07. The van der Waals surface area contributed by atoms with E-state index >= 15 is 0 Å². The van der Waals surface area contributed by atoms with Crippen molar-refractivity contribution in [1.29, 1.82) is 0 Å². The van der Waals surface area contributed by atoms with E-state index in [1.165, 1.54) is 0 Å². The lowest BCUT2D eigenvalue weighted by Gasteiger charge is -2.28. The molecule has 0 spiro atoms. The average Bonchev–Trinajstić information content (AvgIpc) is 3.42. The van der Waals surface area contributed by atoms with Crippen LogP contribution in [-0.2, 0) is 9.47 Å². The molecule has 1 N–H and O–H groups in total. The molecule has 2 fully saturated rings. The number of morpholine rings is 1. The third-order valence-corrected chi connectivity index (χ3v) is 7.26. The number of aromatic nitrogens is 5. The molecule has 2 aromatic carbocycles. The van der Waals surface area contributed by atoms with E-state index in [2.05, 4.69) is 56.2 Å². The van der Waals surface area contributed by atoms with Crippen molar-refractivity contribution >= 4 is 39.5 Å². The van der Waals surface area contributed by atoms with Crippen molar-refractivity contribution in [2.45, 2.75) is 25.5 Å². The number of hydrogen-bond donors (Lipinski definition) is 1. The van der Waals surface area contributed by atoms with Crippen LogP contribution in [0.1, 0.15) is 25.5 Å². The zero-order valence-electron chi connectivity index (χ0n) is 21.1. The monoisotopic (exact) mass is 507 g/mol. The molecule has 0 radical (unpaired) electrons. The van der Waals surface area contributed by atoms with Crippen LogP contribution < -0.4 is 10.2 Å². The van der Waals surface area contributed by atoms with Gasteiger partial charge in [-0.25, -0.2) is 4.98 Å². The largest absolute Gasteiger partial charge is 0.378 e. The van der Waals surface area contributed by atoms with Gasteiger partial charge in [-0.3, -0.25) is 9.55 Å². The number of fused-ring (bicyclic) bond motifs is 2. The SMILES string of the molecule is c1ccc(-c2ccnc3ccc(Nc4nc(N5CCOCC5)c5ncn(C6CCCCO6)c5n4)cc23)cc1. The number of rotatable bonds is 5. The minimum Gasteiger partial charge on any atom is -0.378 e. The first-order chi connectivity index (χ1) is 18.8. The van der Waals surface area contributed by atoms with Crippen molar-refractivity contribution in [2.24, 2.45) is 0 Å². The van der Waals surface area contributed by atoms with Gasteiger partial charge in [0.25, 0.3) is 0 Å². The first kappa shape index (κ1) is 23.1. The first-order valence-corrected chi connectivity index (χ1v) is 13.2. The molecule has 1 atom stereocenters. The Labute approximate surface area is 220 Å². The molecule has 0 bridgehead atoms. The number of anilines is 3. The number of pyridine rings is 1. The summed E-state index contributed by atoms with van der Waals surface area (Å²) in [6, 6.07) is 18.6. The standard InChI is InChI=1S/C29H29N7O2/c1-2-6-20(7-3-1)22-11-12-30-24-10-9-21(18-23(22)24)32-29-33-27(35-13-16-37-17-14-35)26-28(34-29)36(19-31-26)25-8-4-5-15-38-25/h1-3,6-7,9-12,18-19,25H,4-5,8,13-17H2,(H,32,33,34). The summed E-state index contributed by atoms with van der Waals surface area (Å²) < 4.78 is 13.7. The fourth-order valence-corrected chi connectivity index (χ4v) is 5.33. The van der Waals surface area contributed by atoms with E-state index < -0.39 is 0 Å². The van der Waals surface area contributed by atoms with E-state index in [0.717, 1.165) is 83.7 Å². The number of ether oxygens (including phenoxy) is 2. The normalized spacial score (nSPS) is 18.2. The van der Waals surface area contributed by atoms with Gasteiger partial charge < -0.3 is 19.7 Å². The highest BCUT2D eigenvalue weighted by molar-refractivity contribution is 5.96. The van der Waals surface area contributed by atoms with Crippen molar-refractivity contribution in [3.63, 3.8) is 0 Å². The van der Waals surface area contributed by atoms with Crippen LogP contribution in [0.25, 0.3) is 33.2 Å². The highest BCUT2D eigenvalue weighted by Gasteiger charge is 2.24. The summed E-state index contributed by atoms with van der Waals surface area (Å²) in [6.45, 7) is 3.62. The summed E-state index contributed by atoms with van der Waals surface area (Å²) in [6.07, 6.45) is 6.81. The third-order valence-electron chi connectivity index (χ3n) is 7.26. The van der Waals surface area contributed by atoms with Crippen molar-refractivity contribution in [3.8, 4) is 11.1 Å². The lowest BCUT2D eigenvalue weighted by molar-refractivity contribution is -0.0298. The molecule has 1 unspecified atom stereocenters. The predicted molar refractivity (Wildman–Crippen MR) is 148 cm³/mol. The van der Waals surface area contributed by atoms with E-state index in [9.17, 15) is 0 Å². The molecule has 9 heteroatoms. The summed E-state index contributed by atoms with van der Waals surface area (Å²) in [4.78, 5) is 21.5. The maximum absolute atomic E-state index is 6.08. The minimum absolute atomic E-state index is 0.0609. The van der Waals surface area contributed by atoms with Crippen LogP contribution in [0.4, 0.5) is 17.5 Å². The van der Waals surface area contributed by atoms with Gasteiger partial charge in [0.15, 0.2) is 17.0 Å². The number of imidazole rings is 1. The molecule has 7 rings (SSSR count). The van der Waals surface area contributed by atoms with E-state index in [-0.39, 0.29) is 6.23 Å². The Bertz CT molecular complexity index is 1570. The minimum atomic E-state index is -0.0609. The molecule has 2 saturated heterocycles. The van der Waals surface area contributed by atoms with Crippen LogP contribution in [0.5, 0.6) is 0 Å². The summed E-state index contributed by atoms with van der Waals surface area (Å²) in [5.74, 6) is 1.35. The molecule has 2 aliphatic rings. The second kappa shape index (κ2) is 10.00. The van der Waals surface area contributed by atoms with Gasteiger partial charge in [-0.1, -0.05) is 30.3 Å². The predicted octanol–water partition coefficient (Wildman–Crippen LogP) is 5.32. The molecule has 0 saturated carbocycles.